The van der Waals surface area contributed by atoms with Crippen LogP contribution < -0.4 is 14.2 Å². The molecule has 2 aromatic rings. The fourth-order valence-corrected chi connectivity index (χ4v) is 1.85. The van der Waals surface area contributed by atoms with Gasteiger partial charge in [0.15, 0.2) is 0 Å². The molecule has 0 aromatic heterocycles. The largest absolute Gasteiger partial charge is 0.497 e. The molecular weight excluding hydrogens is 280 g/mol. The average Bonchev–Trinajstić information content (AvgIpc) is 2.54. The Hall–Kier alpha value is -3.44. The van der Waals surface area contributed by atoms with E-state index >= 15 is 0 Å². The Morgan fingerprint density at radius 1 is 0.818 bits per heavy atom. The first-order valence-corrected chi connectivity index (χ1v) is 6.34. The first-order valence-electron chi connectivity index (χ1n) is 6.34. The normalized spacial score (nSPS) is 9.77. The van der Waals surface area contributed by atoms with Crippen LogP contribution in [0.1, 0.15) is 11.1 Å². The Bertz CT molecular complexity index is 770. The Labute approximate surface area is 128 Å². The number of nitriles is 2. The first kappa shape index (κ1) is 15.0. The van der Waals surface area contributed by atoms with Gasteiger partial charge < -0.3 is 14.2 Å². The van der Waals surface area contributed by atoms with Crippen molar-refractivity contribution in [3.63, 3.8) is 0 Å². The van der Waals surface area contributed by atoms with Gasteiger partial charge in [0.25, 0.3) is 12.5 Å². The summed E-state index contributed by atoms with van der Waals surface area (Å²) in [6.07, 6.45) is 6.97. The molecule has 5 heteroatoms. The molecule has 0 radical (unpaired) electrons. The van der Waals surface area contributed by atoms with E-state index in [9.17, 15) is 0 Å². The van der Waals surface area contributed by atoms with Crippen LogP contribution in [-0.4, -0.2) is 7.11 Å². The smallest absolute Gasteiger partial charge is 0.292 e. The minimum absolute atomic E-state index is 0.406. The highest BCUT2D eigenvalue weighted by atomic mass is 16.5. The Morgan fingerprint density at radius 2 is 1.45 bits per heavy atom. The molecule has 0 spiro atoms. The second-order valence-electron chi connectivity index (χ2n) is 4.23. The average molecular weight is 292 g/mol. The third-order valence-electron chi connectivity index (χ3n) is 2.79. The topological polar surface area (TPSA) is 75.3 Å². The molecule has 0 saturated carbocycles. The molecule has 5 nitrogen and oxygen atoms in total. The zero-order chi connectivity index (χ0) is 15.8. The highest BCUT2D eigenvalue weighted by Crippen LogP contribution is 2.24. The van der Waals surface area contributed by atoms with E-state index in [1.165, 1.54) is 0 Å². The van der Waals surface area contributed by atoms with Gasteiger partial charge in [-0.25, -0.2) is 0 Å². The Balaban J connectivity index is 2.26. The summed E-state index contributed by atoms with van der Waals surface area (Å²) < 4.78 is 14.8. The lowest BCUT2D eigenvalue weighted by molar-refractivity contribution is 0.410. The number of nitrogens with zero attached hydrogens (tertiary/aromatic N) is 2. The summed E-state index contributed by atoms with van der Waals surface area (Å²) in [4.78, 5) is 0. The van der Waals surface area contributed by atoms with Crippen LogP contribution in [0.5, 0.6) is 17.2 Å². The molecule has 108 valence electrons. The van der Waals surface area contributed by atoms with Crippen molar-refractivity contribution in [3.8, 4) is 29.8 Å². The number of hydrogen-bond donors (Lipinski definition) is 0. The van der Waals surface area contributed by atoms with Crippen molar-refractivity contribution in [1.82, 2.24) is 0 Å². The van der Waals surface area contributed by atoms with Gasteiger partial charge in [-0.05, 0) is 35.4 Å². The van der Waals surface area contributed by atoms with Gasteiger partial charge in [0.1, 0.15) is 17.2 Å². The van der Waals surface area contributed by atoms with Crippen LogP contribution in [-0.2, 0) is 0 Å². The van der Waals surface area contributed by atoms with Crippen LogP contribution in [0.15, 0.2) is 42.5 Å². The summed E-state index contributed by atoms with van der Waals surface area (Å²) in [7, 11) is 1.54. The lowest BCUT2D eigenvalue weighted by Gasteiger charge is -2.04. The summed E-state index contributed by atoms with van der Waals surface area (Å²) in [5, 5.41) is 17.1. The van der Waals surface area contributed by atoms with Crippen molar-refractivity contribution >= 4 is 12.2 Å². The van der Waals surface area contributed by atoms with E-state index in [1.807, 2.05) is 24.3 Å². The maximum Gasteiger partial charge on any atom is 0.292 e. The molecule has 0 N–H and O–H groups in total. The fraction of sp³-hybridized carbons (Fsp3) is 0.0588. The van der Waals surface area contributed by atoms with Crippen molar-refractivity contribution in [2.45, 2.75) is 0 Å². The van der Waals surface area contributed by atoms with Crippen molar-refractivity contribution in [3.05, 3.63) is 53.6 Å². The summed E-state index contributed by atoms with van der Waals surface area (Å²) >= 11 is 0. The van der Waals surface area contributed by atoms with Crippen LogP contribution in [0.3, 0.4) is 0 Å². The van der Waals surface area contributed by atoms with E-state index in [-0.39, 0.29) is 0 Å². The number of benzene rings is 2. The molecule has 0 aliphatic rings. The highest BCUT2D eigenvalue weighted by Gasteiger charge is 2.01. The monoisotopic (exact) mass is 292 g/mol. The zero-order valence-electron chi connectivity index (χ0n) is 11.8. The van der Waals surface area contributed by atoms with Gasteiger partial charge in [0.05, 0.1) is 7.11 Å². The van der Waals surface area contributed by atoms with Crippen molar-refractivity contribution < 1.29 is 14.2 Å². The van der Waals surface area contributed by atoms with Gasteiger partial charge in [-0.2, -0.15) is 0 Å². The summed E-state index contributed by atoms with van der Waals surface area (Å²) in [6.45, 7) is 0. The minimum atomic E-state index is 0.406. The number of methoxy groups -OCH3 is 1. The first-order chi connectivity index (χ1) is 10.7. The molecule has 0 amide bonds. The zero-order valence-corrected chi connectivity index (χ0v) is 11.8. The van der Waals surface area contributed by atoms with Gasteiger partial charge in [0, 0.05) is 6.07 Å². The molecule has 0 aliphatic heterocycles. The second-order valence-corrected chi connectivity index (χ2v) is 4.23. The van der Waals surface area contributed by atoms with E-state index in [2.05, 4.69) is 0 Å². The minimum Gasteiger partial charge on any atom is -0.497 e. The molecule has 0 heterocycles. The van der Waals surface area contributed by atoms with Gasteiger partial charge in [-0.15, -0.1) is 10.5 Å². The number of rotatable bonds is 5. The van der Waals surface area contributed by atoms with Crippen LogP contribution in [0.4, 0.5) is 0 Å². The lowest BCUT2D eigenvalue weighted by Crippen LogP contribution is -1.88. The molecule has 0 bridgehead atoms. The van der Waals surface area contributed by atoms with Crippen molar-refractivity contribution in [1.29, 1.82) is 10.5 Å². The number of hydrogen-bond acceptors (Lipinski definition) is 5. The van der Waals surface area contributed by atoms with Crippen LogP contribution in [0.25, 0.3) is 12.2 Å². The molecular formula is C17H12N2O3. The quantitative estimate of drug-likeness (QED) is 0.622. The maximum atomic E-state index is 8.59. The molecule has 0 unspecified atom stereocenters. The molecule has 0 saturated heterocycles. The van der Waals surface area contributed by atoms with Crippen LogP contribution in [0, 0.1) is 23.0 Å². The van der Waals surface area contributed by atoms with E-state index in [0.29, 0.717) is 17.2 Å². The van der Waals surface area contributed by atoms with Gasteiger partial charge in [0.2, 0.25) is 0 Å². The van der Waals surface area contributed by atoms with Gasteiger partial charge in [-0.1, -0.05) is 24.3 Å². The summed E-state index contributed by atoms with van der Waals surface area (Å²) in [6, 6.07) is 12.3. The molecule has 0 atom stereocenters. The maximum absolute atomic E-state index is 8.59. The highest BCUT2D eigenvalue weighted by molar-refractivity contribution is 5.71. The summed E-state index contributed by atoms with van der Waals surface area (Å²) in [5.41, 5.74) is 1.69. The third-order valence-corrected chi connectivity index (χ3v) is 2.79. The SMILES string of the molecule is COc1cc(/C=C/c2cccc(OC#N)c2)cc(OC#N)c1. The standard InChI is InChI=1S/C17H12N2O3/c1-20-16-8-14(9-17(10-16)22-12-19)6-5-13-3-2-4-15(7-13)21-11-18/h2-10H,1H3/b6-5+. The Morgan fingerprint density at radius 3 is 2.18 bits per heavy atom. The van der Waals surface area contributed by atoms with E-state index in [1.54, 1.807) is 50.0 Å². The summed E-state index contributed by atoms with van der Waals surface area (Å²) in [5.74, 6) is 1.47. The molecule has 2 aromatic carbocycles. The van der Waals surface area contributed by atoms with Crippen molar-refractivity contribution in [2.75, 3.05) is 7.11 Å². The van der Waals surface area contributed by atoms with Gasteiger partial charge in [-0.3, -0.25) is 0 Å². The molecule has 0 aliphatic carbocycles. The molecule has 0 fully saturated rings. The molecule has 2 rings (SSSR count). The van der Waals surface area contributed by atoms with E-state index in [0.717, 1.165) is 11.1 Å². The fourth-order valence-electron chi connectivity index (χ4n) is 1.85. The van der Waals surface area contributed by atoms with Gasteiger partial charge >= 0.3 is 0 Å². The second kappa shape index (κ2) is 7.37. The van der Waals surface area contributed by atoms with Crippen molar-refractivity contribution in [2.24, 2.45) is 0 Å². The van der Waals surface area contributed by atoms with Crippen LogP contribution >= 0.6 is 0 Å². The molecule has 22 heavy (non-hydrogen) atoms. The Kier molecular flexibility index (Phi) is 5.01. The predicted molar refractivity (Wildman–Crippen MR) is 80.8 cm³/mol. The third kappa shape index (κ3) is 4.03. The lowest BCUT2D eigenvalue weighted by atomic mass is 10.1. The number of ether oxygens (including phenoxy) is 3. The predicted octanol–water partition coefficient (Wildman–Crippen LogP) is 3.59. The van der Waals surface area contributed by atoms with Crippen LogP contribution in [0.2, 0.25) is 0 Å². The van der Waals surface area contributed by atoms with E-state index < -0.39 is 0 Å². The van der Waals surface area contributed by atoms with E-state index in [4.69, 9.17) is 24.7 Å².